The van der Waals surface area contributed by atoms with E-state index in [1.165, 1.54) is 37.1 Å². The van der Waals surface area contributed by atoms with Crippen LogP contribution in [-0.2, 0) is 6.18 Å². The van der Waals surface area contributed by atoms with Crippen LogP contribution in [0, 0.1) is 5.82 Å². The first-order valence-corrected chi connectivity index (χ1v) is 13.4. The van der Waals surface area contributed by atoms with Crippen LogP contribution in [0.1, 0.15) is 24.8 Å². The molecule has 0 unspecified atom stereocenters. The Bertz CT molecular complexity index is 1730. The van der Waals surface area contributed by atoms with E-state index in [1.54, 1.807) is 12.3 Å². The maximum atomic E-state index is 14.8. The molecule has 1 aliphatic rings. The minimum absolute atomic E-state index is 0.00719. The molecular weight excluding hydrogens is 550 g/mol. The first kappa shape index (κ1) is 27.3. The van der Waals surface area contributed by atoms with Crippen LogP contribution in [0.5, 0.6) is 0 Å². The van der Waals surface area contributed by atoms with E-state index in [9.17, 15) is 22.4 Å². The van der Waals surface area contributed by atoms with Gasteiger partial charge < -0.3 is 20.0 Å². The Kier molecular flexibility index (Phi) is 7.24. The number of carbonyl (C=O) groups is 1. The van der Waals surface area contributed by atoms with Gasteiger partial charge in [-0.25, -0.2) is 14.2 Å². The number of hydrogen-bond acceptors (Lipinski definition) is 5. The van der Waals surface area contributed by atoms with Gasteiger partial charge in [0.2, 0.25) is 5.89 Å². The van der Waals surface area contributed by atoms with Crippen molar-refractivity contribution in [2.24, 2.45) is 0 Å². The van der Waals surface area contributed by atoms with E-state index in [-0.39, 0.29) is 22.8 Å². The van der Waals surface area contributed by atoms with E-state index in [2.05, 4.69) is 37.6 Å². The van der Waals surface area contributed by atoms with Crippen molar-refractivity contribution in [1.29, 1.82) is 0 Å². The predicted octanol–water partition coefficient (Wildman–Crippen LogP) is 8.35. The van der Waals surface area contributed by atoms with Crippen molar-refractivity contribution in [1.82, 2.24) is 9.97 Å². The van der Waals surface area contributed by atoms with E-state index >= 15 is 0 Å². The number of urea groups is 1. The van der Waals surface area contributed by atoms with Crippen LogP contribution in [0.25, 0.3) is 33.8 Å². The van der Waals surface area contributed by atoms with Gasteiger partial charge in [0.25, 0.3) is 0 Å². The van der Waals surface area contributed by atoms with Gasteiger partial charge in [-0.05, 0) is 85.5 Å². The number of nitrogens with one attached hydrogen (secondary N) is 2. The molecule has 0 radical (unpaired) electrons. The highest BCUT2D eigenvalue weighted by molar-refractivity contribution is 6.00. The molecule has 0 spiro atoms. The van der Waals surface area contributed by atoms with E-state index < -0.39 is 23.6 Å². The Balaban J connectivity index is 1.18. The van der Waals surface area contributed by atoms with Crippen molar-refractivity contribution in [3.63, 3.8) is 0 Å². The van der Waals surface area contributed by atoms with Gasteiger partial charge >= 0.3 is 12.2 Å². The third kappa shape index (κ3) is 5.90. The number of nitrogens with zero attached hydrogens (tertiary/aromatic N) is 3. The number of fused-ring (bicyclic) bond motifs is 1. The van der Waals surface area contributed by atoms with Crippen molar-refractivity contribution >= 4 is 34.3 Å². The van der Waals surface area contributed by atoms with Gasteiger partial charge in [-0.15, -0.1) is 0 Å². The predicted molar refractivity (Wildman–Crippen MR) is 153 cm³/mol. The molecular formula is C31H25F4N5O2. The summed E-state index contributed by atoms with van der Waals surface area (Å²) in [6.07, 6.45) is 0.873. The standard InChI is InChI=1S/C31H25F4N5O2/c32-26-13-10-23(38-30(41)37-22-8-6-21(7-9-22)31(33,34)35)17-25(26)29-39-28-27(42-29)16-20(18-36-28)19-4-11-24(12-5-19)40-14-2-1-3-15-40/h4-13,16-18H,1-3,14-15H2,(H2,37,38,41). The summed E-state index contributed by atoms with van der Waals surface area (Å²) in [6, 6.07) is 17.2. The second-order valence-corrected chi connectivity index (χ2v) is 10.0. The summed E-state index contributed by atoms with van der Waals surface area (Å²) in [5, 5.41) is 4.98. The van der Waals surface area contributed by atoms with Crippen LogP contribution in [0.15, 0.2) is 83.4 Å². The van der Waals surface area contributed by atoms with Gasteiger partial charge in [0.05, 0.1) is 11.1 Å². The fourth-order valence-corrected chi connectivity index (χ4v) is 4.91. The lowest BCUT2D eigenvalue weighted by molar-refractivity contribution is -0.137. The zero-order valence-corrected chi connectivity index (χ0v) is 22.2. The van der Waals surface area contributed by atoms with E-state index in [4.69, 9.17) is 4.42 Å². The van der Waals surface area contributed by atoms with Crippen LogP contribution in [0.4, 0.5) is 39.4 Å². The highest BCUT2D eigenvalue weighted by atomic mass is 19.4. The lowest BCUT2D eigenvalue weighted by atomic mass is 10.1. The molecule has 2 aromatic heterocycles. The molecule has 0 saturated carbocycles. The molecule has 214 valence electrons. The zero-order chi connectivity index (χ0) is 29.3. The molecule has 1 saturated heterocycles. The molecule has 3 aromatic carbocycles. The molecule has 11 heteroatoms. The molecule has 0 bridgehead atoms. The topological polar surface area (TPSA) is 83.3 Å². The number of amides is 2. The average molecular weight is 576 g/mol. The maximum Gasteiger partial charge on any atom is 0.416 e. The molecule has 6 rings (SSSR count). The third-order valence-electron chi connectivity index (χ3n) is 7.09. The minimum atomic E-state index is -4.48. The summed E-state index contributed by atoms with van der Waals surface area (Å²) in [6.45, 7) is 2.12. The third-order valence-corrected chi connectivity index (χ3v) is 7.09. The van der Waals surface area contributed by atoms with Crippen LogP contribution >= 0.6 is 0 Å². The number of benzene rings is 3. The number of pyridine rings is 1. The SMILES string of the molecule is O=C(Nc1ccc(C(F)(F)F)cc1)Nc1ccc(F)c(-c2nc3ncc(-c4ccc(N5CCCCC5)cc4)cc3o2)c1. The Hall–Kier alpha value is -4.93. The van der Waals surface area contributed by atoms with E-state index in [1.807, 2.05) is 12.1 Å². The van der Waals surface area contributed by atoms with Crippen molar-refractivity contribution < 1.29 is 26.8 Å². The first-order valence-electron chi connectivity index (χ1n) is 13.4. The quantitative estimate of drug-likeness (QED) is 0.206. The average Bonchev–Trinajstić information content (AvgIpc) is 3.42. The number of alkyl halides is 3. The van der Waals surface area contributed by atoms with Crippen molar-refractivity contribution in [2.45, 2.75) is 25.4 Å². The number of oxazole rings is 1. The molecule has 0 atom stereocenters. The Morgan fingerprint density at radius 1 is 0.833 bits per heavy atom. The fourth-order valence-electron chi connectivity index (χ4n) is 4.91. The number of aromatic nitrogens is 2. The van der Waals surface area contributed by atoms with Gasteiger partial charge in [0.15, 0.2) is 11.2 Å². The van der Waals surface area contributed by atoms with Crippen LogP contribution < -0.4 is 15.5 Å². The van der Waals surface area contributed by atoms with Gasteiger partial charge in [-0.3, -0.25) is 0 Å². The van der Waals surface area contributed by atoms with Gasteiger partial charge in [-0.1, -0.05) is 12.1 Å². The monoisotopic (exact) mass is 575 g/mol. The molecule has 3 heterocycles. The van der Waals surface area contributed by atoms with Crippen molar-refractivity contribution in [2.75, 3.05) is 28.6 Å². The summed E-state index contributed by atoms with van der Waals surface area (Å²) < 4.78 is 59.0. The van der Waals surface area contributed by atoms with Crippen LogP contribution in [0.2, 0.25) is 0 Å². The van der Waals surface area contributed by atoms with E-state index in [0.717, 1.165) is 54.5 Å². The molecule has 42 heavy (non-hydrogen) atoms. The Labute approximate surface area is 238 Å². The molecule has 0 aliphatic carbocycles. The van der Waals surface area contributed by atoms with Gasteiger partial charge in [-0.2, -0.15) is 18.2 Å². The molecule has 1 fully saturated rings. The summed E-state index contributed by atoms with van der Waals surface area (Å²) in [5.41, 5.74) is 3.20. The number of rotatable bonds is 5. The van der Waals surface area contributed by atoms with Gasteiger partial charge in [0, 0.05) is 41.9 Å². The number of halogens is 4. The number of piperidine rings is 1. The van der Waals surface area contributed by atoms with Crippen LogP contribution in [0.3, 0.4) is 0 Å². The van der Waals surface area contributed by atoms with Crippen molar-refractivity contribution in [3.05, 3.63) is 90.4 Å². The summed E-state index contributed by atoms with van der Waals surface area (Å²) in [4.78, 5) is 23.5. The van der Waals surface area contributed by atoms with Gasteiger partial charge in [0.1, 0.15) is 5.82 Å². The minimum Gasteiger partial charge on any atom is -0.434 e. The number of anilines is 3. The van der Waals surface area contributed by atoms with Crippen LogP contribution in [-0.4, -0.2) is 29.1 Å². The first-order chi connectivity index (χ1) is 20.2. The lowest BCUT2D eigenvalue weighted by Crippen LogP contribution is -2.29. The van der Waals surface area contributed by atoms with Crippen molar-refractivity contribution in [3.8, 4) is 22.6 Å². The zero-order valence-electron chi connectivity index (χ0n) is 22.2. The normalized spacial score (nSPS) is 13.8. The largest absolute Gasteiger partial charge is 0.434 e. The fraction of sp³-hybridized carbons (Fsp3) is 0.194. The highest BCUT2D eigenvalue weighted by Gasteiger charge is 2.30. The second-order valence-electron chi connectivity index (χ2n) is 10.0. The lowest BCUT2D eigenvalue weighted by Gasteiger charge is -2.28. The summed E-state index contributed by atoms with van der Waals surface area (Å²) >= 11 is 0. The maximum absolute atomic E-state index is 14.8. The van der Waals surface area contributed by atoms with E-state index in [0.29, 0.717) is 11.2 Å². The molecule has 2 amide bonds. The Morgan fingerprint density at radius 2 is 1.52 bits per heavy atom. The Morgan fingerprint density at radius 3 is 2.24 bits per heavy atom. The molecule has 5 aromatic rings. The number of hydrogen-bond donors (Lipinski definition) is 2. The summed E-state index contributed by atoms with van der Waals surface area (Å²) in [7, 11) is 0. The molecule has 7 nitrogen and oxygen atoms in total. The molecule has 2 N–H and O–H groups in total. The number of carbonyl (C=O) groups excluding carboxylic acids is 1. The smallest absolute Gasteiger partial charge is 0.416 e. The highest BCUT2D eigenvalue weighted by Crippen LogP contribution is 2.32. The molecule has 1 aliphatic heterocycles. The summed E-state index contributed by atoms with van der Waals surface area (Å²) in [5.74, 6) is -0.636. The second kappa shape index (κ2) is 11.2.